The Balaban J connectivity index is 4.07. The molecule has 0 unspecified atom stereocenters. The minimum absolute atomic E-state index is 0.379. The van der Waals surface area contributed by atoms with E-state index >= 15 is 0 Å². The lowest BCUT2D eigenvalue weighted by molar-refractivity contribution is -0.138. The second-order valence-corrected chi connectivity index (χ2v) is 7.16. The quantitative estimate of drug-likeness (QED) is 0.442. The number of carbonyl (C=O) groups is 2. The third-order valence-electron chi connectivity index (χ3n) is 3.82. The van der Waals surface area contributed by atoms with Crippen LogP contribution in [0.5, 0.6) is 0 Å². The van der Waals surface area contributed by atoms with Crippen molar-refractivity contribution in [1.82, 2.24) is 10.6 Å². The van der Waals surface area contributed by atoms with Gasteiger partial charge in [-0.25, -0.2) is 0 Å². The molecule has 0 heterocycles. The van der Waals surface area contributed by atoms with Crippen LogP contribution in [0.25, 0.3) is 0 Å². The van der Waals surface area contributed by atoms with E-state index in [-0.39, 0.29) is 0 Å². The Hall–Kier alpha value is -2.10. The SMILES string of the molecule is CC(C)=CCC/C(C)=C/CNC(=O)C(=O)NC/C=C(\C)CCC=C(C)C. The molecule has 0 aromatic carbocycles. The zero-order valence-corrected chi connectivity index (χ0v) is 17.4. The molecule has 2 N–H and O–H groups in total. The first-order valence-corrected chi connectivity index (χ1v) is 9.36. The van der Waals surface area contributed by atoms with Gasteiger partial charge in [0.1, 0.15) is 0 Å². The molecule has 0 aromatic heterocycles. The molecule has 0 aliphatic rings. The molecule has 0 aliphatic heterocycles. The summed E-state index contributed by atoms with van der Waals surface area (Å²) in [6.45, 7) is 13.2. The first kappa shape index (κ1) is 23.9. The molecule has 4 nitrogen and oxygen atoms in total. The lowest BCUT2D eigenvalue weighted by Gasteiger charge is -2.05. The highest BCUT2D eigenvalue weighted by Crippen LogP contribution is 2.06. The highest BCUT2D eigenvalue weighted by atomic mass is 16.2. The van der Waals surface area contributed by atoms with Gasteiger partial charge >= 0.3 is 11.8 Å². The van der Waals surface area contributed by atoms with Gasteiger partial charge in [-0.15, -0.1) is 0 Å². The predicted octanol–water partition coefficient (Wildman–Crippen LogP) is 4.60. The lowest BCUT2D eigenvalue weighted by atomic mass is 10.1. The Morgan fingerprint density at radius 2 is 0.962 bits per heavy atom. The molecule has 0 rings (SSSR count). The first-order chi connectivity index (χ1) is 12.2. The summed E-state index contributed by atoms with van der Waals surface area (Å²) in [5.41, 5.74) is 5.03. The van der Waals surface area contributed by atoms with Crippen LogP contribution in [-0.2, 0) is 9.59 Å². The first-order valence-electron chi connectivity index (χ1n) is 9.36. The molecular weight excluding hydrogens is 324 g/mol. The van der Waals surface area contributed by atoms with E-state index in [0.29, 0.717) is 13.1 Å². The molecule has 0 saturated carbocycles. The number of amides is 2. The van der Waals surface area contributed by atoms with E-state index in [4.69, 9.17) is 0 Å². The molecule has 0 radical (unpaired) electrons. The molecule has 0 fully saturated rings. The van der Waals surface area contributed by atoms with Crippen LogP contribution in [0, 0.1) is 0 Å². The molecule has 0 aromatic rings. The molecular formula is C22H36N2O2. The van der Waals surface area contributed by atoms with E-state index in [1.807, 2.05) is 26.0 Å². The van der Waals surface area contributed by atoms with E-state index in [2.05, 4.69) is 50.5 Å². The molecule has 0 saturated heterocycles. The maximum Gasteiger partial charge on any atom is 0.309 e. The van der Waals surface area contributed by atoms with Crippen molar-refractivity contribution in [3.63, 3.8) is 0 Å². The fraction of sp³-hybridized carbons (Fsp3) is 0.545. The minimum Gasteiger partial charge on any atom is -0.344 e. The van der Waals surface area contributed by atoms with Crippen molar-refractivity contribution in [2.45, 2.75) is 67.2 Å². The second-order valence-electron chi connectivity index (χ2n) is 7.16. The van der Waals surface area contributed by atoms with Crippen molar-refractivity contribution >= 4 is 11.8 Å². The van der Waals surface area contributed by atoms with Crippen LogP contribution >= 0.6 is 0 Å². The number of rotatable bonds is 10. The van der Waals surface area contributed by atoms with Gasteiger partial charge < -0.3 is 10.6 Å². The van der Waals surface area contributed by atoms with Crippen molar-refractivity contribution in [2.75, 3.05) is 13.1 Å². The number of nitrogens with one attached hydrogen (secondary N) is 2. The summed E-state index contributed by atoms with van der Waals surface area (Å²) >= 11 is 0. The van der Waals surface area contributed by atoms with Gasteiger partial charge in [-0.2, -0.15) is 0 Å². The van der Waals surface area contributed by atoms with Crippen LogP contribution in [-0.4, -0.2) is 24.9 Å². The van der Waals surface area contributed by atoms with Gasteiger partial charge in [-0.05, 0) is 67.2 Å². The molecule has 146 valence electrons. The standard InChI is InChI=1S/C22H36N2O2/c1-17(2)9-7-11-19(5)13-15-23-21(25)22(26)24-16-14-20(6)12-8-10-18(3)4/h9-10,13-14H,7-8,11-12,15-16H2,1-6H3,(H,23,25)(H,24,26)/b19-13+,20-14+. The molecule has 0 bridgehead atoms. The van der Waals surface area contributed by atoms with Gasteiger partial charge in [0.25, 0.3) is 0 Å². The number of allylic oxidation sites excluding steroid dienone is 6. The summed E-state index contributed by atoms with van der Waals surface area (Å²) < 4.78 is 0. The van der Waals surface area contributed by atoms with Crippen LogP contribution in [0.2, 0.25) is 0 Å². The Kier molecular flexibility index (Phi) is 13.0. The normalized spacial score (nSPS) is 11.6. The van der Waals surface area contributed by atoms with E-state index in [1.54, 1.807) is 0 Å². The van der Waals surface area contributed by atoms with Crippen LogP contribution < -0.4 is 10.6 Å². The van der Waals surface area contributed by atoms with Crippen LogP contribution in [0.15, 0.2) is 46.6 Å². The number of hydrogen-bond acceptors (Lipinski definition) is 2. The van der Waals surface area contributed by atoms with Gasteiger partial charge in [0.15, 0.2) is 0 Å². The molecule has 0 atom stereocenters. The fourth-order valence-electron chi connectivity index (χ4n) is 2.18. The summed E-state index contributed by atoms with van der Waals surface area (Å²) in [5, 5.41) is 5.25. The van der Waals surface area contributed by atoms with Gasteiger partial charge in [0.05, 0.1) is 0 Å². The fourth-order valence-corrected chi connectivity index (χ4v) is 2.18. The monoisotopic (exact) mass is 360 g/mol. The van der Waals surface area contributed by atoms with Gasteiger partial charge in [0.2, 0.25) is 0 Å². The molecule has 4 heteroatoms. The Morgan fingerprint density at radius 1 is 0.615 bits per heavy atom. The van der Waals surface area contributed by atoms with Crippen molar-refractivity contribution in [2.24, 2.45) is 0 Å². The summed E-state index contributed by atoms with van der Waals surface area (Å²) in [7, 11) is 0. The Labute approximate surface area is 159 Å². The average molecular weight is 361 g/mol. The molecule has 0 aliphatic carbocycles. The number of hydrogen-bond donors (Lipinski definition) is 2. The maximum atomic E-state index is 11.8. The summed E-state index contributed by atoms with van der Waals surface area (Å²) in [6.07, 6.45) is 12.2. The predicted molar refractivity (Wildman–Crippen MR) is 111 cm³/mol. The van der Waals surface area contributed by atoms with E-state index in [9.17, 15) is 9.59 Å². The largest absolute Gasteiger partial charge is 0.344 e. The van der Waals surface area contributed by atoms with E-state index < -0.39 is 11.8 Å². The second kappa shape index (κ2) is 14.1. The van der Waals surface area contributed by atoms with E-state index in [1.165, 1.54) is 22.3 Å². The van der Waals surface area contributed by atoms with Crippen molar-refractivity contribution in [1.29, 1.82) is 0 Å². The highest BCUT2D eigenvalue weighted by molar-refractivity contribution is 6.35. The minimum atomic E-state index is -0.589. The Bertz CT molecular complexity index is 521. The zero-order valence-electron chi connectivity index (χ0n) is 17.4. The summed E-state index contributed by atoms with van der Waals surface area (Å²) in [4.78, 5) is 23.5. The topological polar surface area (TPSA) is 58.2 Å². The lowest BCUT2D eigenvalue weighted by Crippen LogP contribution is -2.40. The Morgan fingerprint density at radius 3 is 1.27 bits per heavy atom. The zero-order chi connectivity index (χ0) is 19.9. The van der Waals surface area contributed by atoms with Crippen LogP contribution in [0.3, 0.4) is 0 Å². The molecule has 26 heavy (non-hydrogen) atoms. The highest BCUT2D eigenvalue weighted by Gasteiger charge is 2.10. The third-order valence-corrected chi connectivity index (χ3v) is 3.82. The third kappa shape index (κ3) is 14.3. The van der Waals surface area contributed by atoms with Crippen molar-refractivity contribution < 1.29 is 9.59 Å². The summed E-state index contributed by atoms with van der Waals surface area (Å²) in [6, 6.07) is 0. The molecule has 2 amide bonds. The van der Waals surface area contributed by atoms with E-state index in [0.717, 1.165) is 25.7 Å². The number of carbonyl (C=O) groups excluding carboxylic acids is 2. The summed E-state index contributed by atoms with van der Waals surface area (Å²) in [5.74, 6) is -1.18. The van der Waals surface area contributed by atoms with Gasteiger partial charge in [-0.1, -0.05) is 46.6 Å². The van der Waals surface area contributed by atoms with Gasteiger partial charge in [-0.3, -0.25) is 9.59 Å². The maximum absolute atomic E-state index is 11.8. The smallest absolute Gasteiger partial charge is 0.309 e. The van der Waals surface area contributed by atoms with Crippen LogP contribution in [0.1, 0.15) is 67.2 Å². The van der Waals surface area contributed by atoms with Crippen molar-refractivity contribution in [3.8, 4) is 0 Å². The average Bonchev–Trinajstić information content (AvgIpc) is 2.53. The van der Waals surface area contributed by atoms with Gasteiger partial charge in [0, 0.05) is 13.1 Å². The molecule has 0 spiro atoms. The van der Waals surface area contributed by atoms with Crippen LogP contribution in [0.4, 0.5) is 0 Å². The van der Waals surface area contributed by atoms with Crippen molar-refractivity contribution in [3.05, 3.63) is 46.6 Å².